The fourth-order valence-corrected chi connectivity index (χ4v) is 2.35. The van der Waals surface area contributed by atoms with Gasteiger partial charge in [-0.05, 0) is 54.9 Å². The Balaban J connectivity index is 0.000000612. The second-order valence-electron chi connectivity index (χ2n) is 5.27. The van der Waals surface area contributed by atoms with Crippen molar-refractivity contribution in [1.29, 1.82) is 0 Å². The standard InChI is InChI=1S/C17H20.C3H8/c1-3-7-14(2)15-10-12-17(13-11-15)16-8-5-4-6-9-16;1-3-2/h3-5,7-8,10,12H,2,6,9,11,13H2,1H3;3H2,1-2H3/b7-3-;. The lowest BCUT2D eigenvalue weighted by Gasteiger charge is -2.18. The molecule has 0 radical (unpaired) electrons. The third-order valence-corrected chi connectivity index (χ3v) is 3.36. The van der Waals surface area contributed by atoms with E-state index in [1.807, 2.05) is 6.92 Å². The highest BCUT2D eigenvalue weighted by Gasteiger charge is 2.11. The van der Waals surface area contributed by atoms with Crippen molar-refractivity contribution >= 4 is 0 Å². The molecule has 0 aromatic heterocycles. The molecule has 0 saturated heterocycles. The molecule has 0 aromatic carbocycles. The van der Waals surface area contributed by atoms with E-state index >= 15 is 0 Å². The van der Waals surface area contributed by atoms with Gasteiger partial charge in [0.1, 0.15) is 0 Å². The summed E-state index contributed by atoms with van der Waals surface area (Å²) in [5, 5.41) is 0. The molecule has 0 bridgehead atoms. The number of hydrogen-bond acceptors (Lipinski definition) is 0. The Morgan fingerprint density at radius 2 is 1.80 bits per heavy atom. The molecule has 0 unspecified atom stereocenters. The minimum atomic E-state index is 1.12. The van der Waals surface area contributed by atoms with Crippen LogP contribution < -0.4 is 0 Å². The van der Waals surface area contributed by atoms with Gasteiger partial charge >= 0.3 is 0 Å². The van der Waals surface area contributed by atoms with E-state index in [-0.39, 0.29) is 0 Å². The van der Waals surface area contributed by atoms with E-state index in [9.17, 15) is 0 Å². The minimum absolute atomic E-state index is 1.12. The summed E-state index contributed by atoms with van der Waals surface area (Å²) < 4.78 is 0. The normalized spacial score (nSPS) is 17.9. The van der Waals surface area contributed by atoms with Crippen LogP contribution in [0.3, 0.4) is 0 Å². The molecule has 20 heavy (non-hydrogen) atoms. The van der Waals surface area contributed by atoms with Gasteiger partial charge in [0, 0.05) is 0 Å². The van der Waals surface area contributed by atoms with E-state index in [2.05, 4.69) is 63.0 Å². The molecule has 0 amide bonds. The zero-order valence-electron chi connectivity index (χ0n) is 13.3. The Morgan fingerprint density at radius 1 is 1.10 bits per heavy atom. The fourth-order valence-electron chi connectivity index (χ4n) is 2.35. The Labute approximate surface area is 125 Å². The van der Waals surface area contributed by atoms with E-state index in [0.717, 1.165) is 18.4 Å². The average Bonchev–Trinajstić information content (AvgIpc) is 2.49. The SMILES string of the molecule is C=C(/C=C\C)C1=CC=C(C2=CC=CCC2)CC1.CCC. The lowest BCUT2D eigenvalue weighted by Crippen LogP contribution is -1.99. The van der Waals surface area contributed by atoms with Gasteiger partial charge in [0.05, 0.1) is 0 Å². The fraction of sp³-hybridized carbons (Fsp3) is 0.400. The summed E-state index contributed by atoms with van der Waals surface area (Å²) in [4.78, 5) is 0. The quantitative estimate of drug-likeness (QED) is 0.515. The molecule has 0 spiro atoms. The van der Waals surface area contributed by atoms with Crippen LogP contribution in [0.2, 0.25) is 0 Å². The van der Waals surface area contributed by atoms with Crippen molar-refractivity contribution in [2.75, 3.05) is 0 Å². The van der Waals surface area contributed by atoms with Gasteiger partial charge in [-0.25, -0.2) is 0 Å². The minimum Gasteiger partial charge on any atom is -0.0915 e. The van der Waals surface area contributed by atoms with Crippen LogP contribution in [0, 0.1) is 0 Å². The Kier molecular flexibility index (Phi) is 7.72. The number of rotatable bonds is 3. The van der Waals surface area contributed by atoms with Crippen LogP contribution in [0.4, 0.5) is 0 Å². The zero-order valence-corrected chi connectivity index (χ0v) is 13.3. The first-order chi connectivity index (χ1) is 9.72. The van der Waals surface area contributed by atoms with Crippen LogP contribution >= 0.6 is 0 Å². The van der Waals surface area contributed by atoms with Crippen molar-refractivity contribution in [2.24, 2.45) is 0 Å². The van der Waals surface area contributed by atoms with Gasteiger partial charge in [0.15, 0.2) is 0 Å². The molecule has 0 heterocycles. The van der Waals surface area contributed by atoms with Gasteiger partial charge in [-0.3, -0.25) is 0 Å². The second-order valence-corrected chi connectivity index (χ2v) is 5.27. The molecule has 2 rings (SSSR count). The predicted molar refractivity (Wildman–Crippen MR) is 91.8 cm³/mol. The average molecular weight is 268 g/mol. The molecule has 0 heteroatoms. The van der Waals surface area contributed by atoms with Crippen LogP contribution in [0.1, 0.15) is 52.9 Å². The van der Waals surface area contributed by atoms with Gasteiger partial charge in [0.2, 0.25) is 0 Å². The summed E-state index contributed by atoms with van der Waals surface area (Å²) in [5.74, 6) is 0. The first-order valence-electron chi connectivity index (χ1n) is 7.80. The van der Waals surface area contributed by atoms with Gasteiger partial charge in [-0.2, -0.15) is 0 Å². The van der Waals surface area contributed by atoms with Crippen molar-refractivity contribution in [3.05, 3.63) is 71.4 Å². The largest absolute Gasteiger partial charge is 0.0915 e. The van der Waals surface area contributed by atoms with E-state index in [4.69, 9.17) is 0 Å². The second kappa shape index (κ2) is 9.36. The maximum atomic E-state index is 4.10. The third kappa shape index (κ3) is 5.21. The maximum Gasteiger partial charge on any atom is -0.0232 e. The smallest absolute Gasteiger partial charge is 0.0232 e. The summed E-state index contributed by atoms with van der Waals surface area (Å²) in [5.41, 5.74) is 5.55. The molecule has 0 atom stereocenters. The monoisotopic (exact) mass is 268 g/mol. The Morgan fingerprint density at radius 3 is 2.30 bits per heavy atom. The third-order valence-electron chi connectivity index (χ3n) is 3.36. The van der Waals surface area contributed by atoms with E-state index < -0.39 is 0 Å². The lowest BCUT2D eigenvalue weighted by atomic mass is 9.87. The summed E-state index contributed by atoms with van der Waals surface area (Å²) >= 11 is 0. The molecule has 0 aliphatic heterocycles. The highest BCUT2D eigenvalue weighted by Crippen LogP contribution is 2.30. The van der Waals surface area contributed by atoms with Crippen LogP contribution in [0.5, 0.6) is 0 Å². The maximum absolute atomic E-state index is 4.10. The molecule has 2 aliphatic carbocycles. The lowest BCUT2D eigenvalue weighted by molar-refractivity contribution is 0.877. The Hall–Kier alpha value is -1.56. The van der Waals surface area contributed by atoms with E-state index in [1.165, 1.54) is 36.0 Å². The van der Waals surface area contributed by atoms with Gasteiger partial charge < -0.3 is 0 Å². The highest BCUT2D eigenvalue weighted by atomic mass is 14.2. The molecule has 0 fully saturated rings. The number of allylic oxidation sites excluding steroid dienone is 11. The van der Waals surface area contributed by atoms with Crippen molar-refractivity contribution in [1.82, 2.24) is 0 Å². The van der Waals surface area contributed by atoms with E-state index in [1.54, 1.807) is 0 Å². The molecule has 0 nitrogen and oxygen atoms in total. The first-order valence-corrected chi connectivity index (χ1v) is 7.80. The van der Waals surface area contributed by atoms with E-state index in [0.29, 0.717) is 0 Å². The van der Waals surface area contributed by atoms with Crippen molar-refractivity contribution in [3.63, 3.8) is 0 Å². The highest BCUT2D eigenvalue weighted by molar-refractivity contribution is 5.47. The molecule has 108 valence electrons. The van der Waals surface area contributed by atoms with Crippen LogP contribution in [-0.2, 0) is 0 Å². The topological polar surface area (TPSA) is 0 Å². The van der Waals surface area contributed by atoms with Crippen molar-refractivity contribution < 1.29 is 0 Å². The summed E-state index contributed by atoms with van der Waals surface area (Å²) in [7, 11) is 0. The summed E-state index contributed by atoms with van der Waals surface area (Å²) in [6, 6.07) is 0. The summed E-state index contributed by atoms with van der Waals surface area (Å²) in [6.07, 6.45) is 21.2. The summed E-state index contributed by atoms with van der Waals surface area (Å²) in [6.45, 7) is 10.4. The van der Waals surface area contributed by atoms with Crippen molar-refractivity contribution in [2.45, 2.75) is 52.9 Å². The number of hydrogen-bond donors (Lipinski definition) is 0. The van der Waals surface area contributed by atoms with Crippen LogP contribution in [0.25, 0.3) is 0 Å². The Bertz CT molecular complexity index is 464. The van der Waals surface area contributed by atoms with Gasteiger partial charge in [-0.15, -0.1) is 0 Å². The predicted octanol–water partition coefficient (Wildman–Crippen LogP) is 6.46. The van der Waals surface area contributed by atoms with Gasteiger partial charge in [0.25, 0.3) is 0 Å². The molecule has 2 aliphatic rings. The first kappa shape index (κ1) is 16.5. The molecule has 0 aromatic rings. The van der Waals surface area contributed by atoms with Gasteiger partial charge in [-0.1, -0.05) is 69.4 Å². The zero-order chi connectivity index (χ0) is 14.8. The van der Waals surface area contributed by atoms with Crippen LogP contribution in [-0.4, -0.2) is 0 Å². The molecular weight excluding hydrogens is 240 g/mol. The van der Waals surface area contributed by atoms with Crippen LogP contribution in [0.15, 0.2) is 71.4 Å². The molecule has 0 saturated carbocycles. The van der Waals surface area contributed by atoms with Crippen molar-refractivity contribution in [3.8, 4) is 0 Å². The molecular formula is C20H28. The molecule has 0 N–H and O–H groups in total.